The first-order valence-corrected chi connectivity index (χ1v) is 7.50. The Labute approximate surface area is 112 Å². The number of carbonyl (C=O) groups is 1. The van der Waals surface area contributed by atoms with Crippen molar-refractivity contribution in [2.24, 2.45) is 17.1 Å². The molecular weight excluding hydrogens is 224 g/mol. The molecule has 0 heterocycles. The van der Waals surface area contributed by atoms with E-state index in [0.717, 1.165) is 38.6 Å². The van der Waals surface area contributed by atoms with E-state index in [2.05, 4.69) is 19.2 Å². The summed E-state index contributed by atoms with van der Waals surface area (Å²) in [6.07, 6.45) is 7.57. The molecule has 0 spiro atoms. The number of rotatable bonds is 7. The number of hydrogen-bond acceptors (Lipinski definition) is 2. The van der Waals surface area contributed by atoms with E-state index < -0.39 is 0 Å². The number of amides is 1. The fraction of sp³-hybridized carbons (Fsp3) is 0.933. The van der Waals surface area contributed by atoms with Crippen LogP contribution in [0, 0.1) is 11.3 Å². The Balaban J connectivity index is 2.40. The molecule has 3 N–H and O–H groups in total. The largest absolute Gasteiger partial charge is 0.356 e. The summed E-state index contributed by atoms with van der Waals surface area (Å²) in [6.45, 7) is 7.21. The molecule has 0 aromatic carbocycles. The Morgan fingerprint density at radius 1 is 1.28 bits per heavy atom. The third-order valence-electron chi connectivity index (χ3n) is 3.96. The van der Waals surface area contributed by atoms with Gasteiger partial charge in [-0.1, -0.05) is 26.7 Å². The Morgan fingerprint density at radius 3 is 2.39 bits per heavy atom. The van der Waals surface area contributed by atoms with E-state index in [1.807, 2.05) is 6.92 Å². The minimum atomic E-state index is -0.0670. The fourth-order valence-corrected chi connectivity index (χ4v) is 3.17. The van der Waals surface area contributed by atoms with Crippen LogP contribution >= 0.6 is 0 Å². The van der Waals surface area contributed by atoms with Crippen LogP contribution in [0.2, 0.25) is 0 Å². The van der Waals surface area contributed by atoms with Gasteiger partial charge in [-0.2, -0.15) is 0 Å². The summed E-state index contributed by atoms with van der Waals surface area (Å²) >= 11 is 0. The highest BCUT2D eigenvalue weighted by molar-refractivity contribution is 5.82. The lowest BCUT2D eigenvalue weighted by molar-refractivity contribution is -0.131. The van der Waals surface area contributed by atoms with Crippen molar-refractivity contribution in [3.63, 3.8) is 0 Å². The van der Waals surface area contributed by atoms with Crippen LogP contribution < -0.4 is 11.1 Å². The smallest absolute Gasteiger partial charge is 0.226 e. The Kier molecular flexibility index (Phi) is 6.13. The molecular formula is C15H30N2O. The molecule has 3 nitrogen and oxygen atoms in total. The van der Waals surface area contributed by atoms with Crippen molar-refractivity contribution in [2.45, 2.75) is 71.8 Å². The first-order valence-electron chi connectivity index (χ1n) is 7.50. The highest BCUT2D eigenvalue weighted by Gasteiger charge is 2.40. The van der Waals surface area contributed by atoms with Gasteiger partial charge in [-0.25, -0.2) is 0 Å². The van der Waals surface area contributed by atoms with Gasteiger partial charge in [0.2, 0.25) is 5.91 Å². The summed E-state index contributed by atoms with van der Waals surface area (Å²) in [5.41, 5.74) is 5.64. The van der Waals surface area contributed by atoms with Crippen LogP contribution in [0.3, 0.4) is 0 Å². The van der Waals surface area contributed by atoms with Crippen molar-refractivity contribution >= 4 is 5.91 Å². The summed E-state index contributed by atoms with van der Waals surface area (Å²) in [5, 5.41) is 3.13. The maximum Gasteiger partial charge on any atom is 0.226 e. The molecule has 0 aliphatic heterocycles. The van der Waals surface area contributed by atoms with Crippen molar-refractivity contribution in [1.29, 1.82) is 0 Å². The van der Waals surface area contributed by atoms with Gasteiger partial charge in [0.05, 0.1) is 0 Å². The molecule has 1 saturated carbocycles. The first-order chi connectivity index (χ1) is 8.46. The average Bonchev–Trinajstić information content (AvgIpc) is 2.72. The van der Waals surface area contributed by atoms with Gasteiger partial charge >= 0.3 is 0 Å². The van der Waals surface area contributed by atoms with E-state index in [-0.39, 0.29) is 11.5 Å². The van der Waals surface area contributed by atoms with Gasteiger partial charge in [-0.15, -0.1) is 0 Å². The fourth-order valence-electron chi connectivity index (χ4n) is 3.17. The van der Waals surface area contributed by atoms with E-state index in [9.17, 15) is 4.79 Å². The zero-order valence-corrected chi connectivity index (χ0v) is 12.3. The number of nitrogens with one attached hydrogen (secondary N) is 1. The van der Waals surface area contributed by atoms with E-state index >= 15 is 0 Å². The average molecular weight is 254 g/mol. The molecule has 0 bridgehead atoms. The zero-order chi connectivity index (χ0) is 13.6. The summed E-state index contributed by atoms with van der Waals surface area (Å²) in [7, 11) is 0. The summed E-state index contributed by atoms with van der Waals surface area (Å²) in [6, 6.07) is 0.234. The minimum Gasteiger partial charge on any atom is -0.356 e. The predicted octanol–water partition coefficient (Wildman–Crippen LogP) is 2.84. The van der Waals surface area contributed by atoms with Gasteiger partial charge in [-0.3, -0.25) is 4.79 Å². The molecule has 1 atom stereocenters. The monoisotopic (exact) mass is 254 g/mol. The van der Waals surface area contributed by atoms with Gasteiger partial charge < -0.3 is 11.1 Å². The standard InChI is InChI=1S/C15H30N2O/c1-12(2)11-15(8-4-5-9-15)14(18)17-10-6-7-13(3)16/h12-13H,4-11,16H2,1-3H3,(H,17,18). The maximum atomic E-state index is 12.4. The van der Waals surface area contributed by atoms with E-state index in [1.54, 1.807) is 0 Å². The lowest BCUT2D eigenvalue weighted by Crippen LogP contribution is -2.40. The Morgan fingerprint density at radius 2 is 1.89 bits per heavy atom. The van der Waals surface area contributed by atoms with Crippen molar-refractivity contribution in [3.05, 3.63) is 0 Å². The van der Waals surface area contributed by atoms with Gasteiger partial charge in [0, 0.05) is 18.0 Å². The molecule has 0 aromatic heterocycles. The minimum absolute atomic E-state index is 0.0670. The highest BCUT2D eigenvalue weighted by Crippen LogP contribution is 2.43. The van der Waals surface area contributed by atoms with Gasteiger partial charge in [-0.05, 0) is 44.9 Å². The van der Waals surface area contributed by atoms with Crippen LogP contribution in [0.1, 0.15) is 65.7 Å². The van der Waals surface area contributed by atoms with Crippen LogP contribution in [0.5, 0.6) is 0 Å². The zero-order valence-electron chi connectivity index (χ0n) is 12.3. The van der Waals surface area contributed by atoms with Gasteiger partial charge in [0.15, 0.2) is 0 Å². The van der Waals surface area contributed by atoms with E-state index in [4.69, 9.17) is 5.73 Å². The molecule has 0 saturated heterocycles. The molecule has 1 aliphatic rings. The lowest BCUT2D eigenvalue weighted by Gasteiger charge is -2.29. The Bertz CT molecular complexity index is 255. The summed E-state index contributed by atoms with van der Waals surface area (Å²) < 4.78 is 0. The molecule has 1 amide bonds. The van der Waals surface area contributed by atoms with Crippen LogP contribution in [0.15, 0.2) is 0 Å². The van der Waals surface area contributed by atoms with E-state index in [1.165, 1.54) is 12.8 Å². The predicted molar refractivity (Wildman–Crippen MR) is 76.2 cm³/mol. The maximum absolute atomic E-state index is 12.4. The second-order valence-electron chi connectivity index (χ2n) is 6.46. The molecule has 1 fully saturated rings. The van der Waals surface area contributed by atoms with Crippen molar-refractivity contribution < 1.29 is 4.79 Å². The summed E-state index contributed by atoms with van der Waals surface area (Å²) in [4.78, 5) is 12.4. The van der Waals surface area contributed by atoms with Crippen LogP contribution in [-0.2, 0) is 4.79 Å². The van der Waals surface area contributed by atoms with Crippen molar-refractivity contribution in [2.75, 3.05) is 6.54 Å². The van der Waals surface area contributed by atoms with Crippen LogP contribution in [0.4, 0.5) is 0 Å². The third kappa shape index (κ3) is 4.60. The molecule has 106 valence electrons. The third-order valence-corrected chi connectivity index (χ3v) is 3.96. The van der Waals surface area contributed by atoms with Crippen LogP contribution in [0.25, 0.3) is 0 Å². The highest BCUT2D eigenvalue weighted by atomic mass is 16.2. The normalized spacial score (nSPS) is 20.1. The number of nitrogens with two attached hydrogens (primary N) is 1. The van der Waals surface area contributed by atoms with Crippen LogP contribution in [-0.4, -0.2) is 18.5 Å². The number of carbonyl (C=O) groups excluding carboxylic acids is 1. The van der Waals surface area contributed by atoms with E-state index in [0.29, 0.717) is 11.8 Å². The Hall–Kier alpha value is -0.570. The molecule has 1 aliphatic carbocycles. The SMILES string of the molecule is CC(C)CC1(C(=O)NCCCC(C)N)CCCC1. The van der Waals surface area contributed by atoms with Gasteiger partial charge in [0.1, 0.15) is 0 Å². The summed E-state index contributed by atoms with van der Waals surface area (Å²) in [5.74, 6) is 0.885. The lowest BCUT2D eigenvalue weighted by atomic mass is 9.77. The van der Waals surface area contributed by atoms with Gasteiger partial charge in [0.25, 0.3) is 0 Å². The van der Waals surface area contributed by atoms with Crippen molar-refractivity contribution in [3.8, 4) is 0 Å². The first kappa shape index (κ1) is 15.5. The second-order valence-corrected chi connectivity index (χ2v) is 6.46. The topological polar surface area (TPSA) is 55.1 Å². The second kappa shape index (κ2) is 7.13. The molecule has 0 radical (unpaired) electrons. The molecule has 1 unspecified atom stereocenters. The molecule has 3 heteroatoms. The molecule has 1 rings (SSSR count). The molecule has 0 aromatic rings. The number of hydrogen-bond donors (Lipinski definition) is 2. The van der Waals surface area contributed by atoms with Crippen molar-refractivity contribution in [1.82, 2.24) is 5.32 Å². The quantitative estimate of drug-likeness (QED) is 0.686. The molecule has 18 heavy (non-hydrogen) atoms.